The molecule has 2 aromatic carbocycles. The maximum atomic E-state index is 13.4. The third kappa shape index (κ3) is 4.09. The zero-order valence-electron chi connectivity index (χ0n) is 13.7. The van der Waals surface area contributed by atoms with E-state index in [-0.39, 0.29) is 5.91 Å². The molecule has 25 heavy (non-hydrogen) atoms. The average Bonchev–Trinajstić information content (AvgIpc) is 3.04. The third-order valence-electron chi connectivity index (χ3n) is 3.91. The van der Waals surface area contributed by atoms with Crippen molar-refractivity contribution in [2.45, 2.75) is 20.1 Å². The van der Waals surface area contributed by atoms with Crippen LogP contribution >= 0.6 is 22.9 Å². The molecule has 1 aromatic heterocycles. The average molecular weight is 374 g/mol. The molecule has 1 N–H and O–H groups in total. The zero-order valence-corrected chi connectivity index (χ0v) is 15.3. The van der Waals surface area contributed by atoms with Gasteiger partial charge in [0.05, 0.1) is 4.88 Å². The maximum Gasteiger partial charge on any atom is 0.261 e. The lowest BCUT2D eigenvalue weighted by atomic mass is 10.0. The van der Waals surface area contributed by atoms with Gasteiger partial charge < -0.3 is 5.32 Å². The van der Waals surface area contributed by atoms with Gasteiger partial charge in [0.2, 0.25) is 0 Å². The fourth-order valence-electron chi connectivity index (χ4n) is 2.61. The number of benzene rings is 2. The fourth-order valence-corrected chi connectivity index (χ4v) is 3.99. The molecule has 1 amide bonds. The normalized spacial score (nSPS) is 10.7. The van der Waals surface area contributed by atoms with Gasteiger partial charge in [0.1, 0.15) is 6.67 Å². The molecule has 3 aromatic rings. The lowest BCUT2D eigenvalue weighted by Crippen LogP contribution is -2.21. The van der Waals surface area contributed by atoms with E-state index in [4.69, 9.17) is 11.6 Å². The number of amides is 1. The quantitative estimate of drug-likeness (QED) is 0.603. The van der Waals surface area contributed by atoms with Crippen LogP contribution in [0.15, 0.2) is 54.6 Å². The molecule has 0 radical (unpaired) electrons. The lowest BCUT2D eigenvalue weighted by Gasteiger charge is -2.05. The summed E-state index contributed by atoms with van der Waals surface area (Å²) in [6, 6.07) is 16.8. The molecule has 0 aliphatic heterocycles. The first-order chi connectivity index (χ1) is 12.1. The Morgan fingerprint density at radius 2 is 1.96 bits per heavy atom. The first kappa shape index (κ1) is 17.6. The highest BCUT2D eigenvalue weighted by Crippen LogP contribution is 2.35. The molecule has 0 saturated heterocycles. The van der Waals surface area contributed by atoms with E-state index in [9.17, 15) is 9.18 Å². The summed E-state index contributed by atoms with van der Waals surface area (Å²) in [5.41, 5.74) is 3.49. The number of hydrogen-bond acceptors (Lipinski definition) is 2. The molecule has 3 rings (SSSR count). The van der Waals surface area contributed by atoms with Crippen molar-refractivity contribution >= 4 is 28.8 Å². The maximum absolute atomic E-state index is 13.4. The standard InChI is InChI=1S/C20H17ClFNOS/c1-13-5-2-3-8-17(13)19-15(11-22)10-18(25-19)20(24)23-12-14-6-4-7-16(21)9-14/h2-10H,11-12H2,1H3,(H,23,24). The van der Waals surface area contributed by atoms with Crippen LogP contribution in [-0.4, -0.2) is 5.91 Å². The molecule has 1 heterocycles. The molecular formula is C20H17ClFNOS. The van der Waals surface area contributed by atoms with E-state index in [1.165, 1.54) is 11.3 Å². The van der Waals surface area contributed by atoms with Crippen LogP contribution in [0.5, 0.6) is 0 Å². The van der Waals surface area contributed by atoms with Gasteiger partial charge in [-0.1, -0.05) is 48.0 Å². The molecule has 0 unspecified atom stereocenters. The summed E-state index contributed by atoms with van der Waals surface area (Å²) in [6.45, 7) is 1.76. The molecule has 0 spiro atoms. The fraction of sp³-hybridized carbons (Fsp3) is 0.150. The number of halogens is 2. The number of alkyl halides is 1. The zero-order chi connectivity index (χ0) is 17.8. The minimum atomic E-state index is -0.595. The summed E-state index contributed by atoms with van der Waals surface area (Å²) < 4.78 is 13.4. The van der Waals surface area contributed by atoms with Crippen molar-refractivity contribution in [3.05, 3.63) is 81.2 Å². The van der Waals surface area contributed by atoms with Crippen molar-refractivity contribution in [1.82, 2.24) is 5.32 Å². The van der Waals surface area contributed by atoms with Crippen LogP contribution in [0.1, 0.15) is 26.4 Å². The van der Waals surface area contributed by atoms with Gasteiger partial charge in [-0.15, -0.1) is 11.3 Å². The monoisotopic (exact) mass is 373 g/mol. The summed E-state index contributed by atoms with van der Waals surface area (Å²) >= 11 is 7.27. The number of nitrogens with one attached hydrogen (secondary N) is 1. The molecule has 0 atom stereocenters. The number of thiophene rings is 1. The minimum absolute atomic E-state index is 0.209. The summed E-state index contributed by atoms with van der Waals surface area (Å²) in [7, 11) is 0. The molecule has 5 heteroatoms. The predicted octanol–water partition coefficient (Wildman–Crippen LogP) is 5.78. The van der Waals surface area contributed by atoms with Crippen LogP contribution < -0.4 is 5.32 Å². The Balaban J connectivity index is 1.81. The SMILES string of the molecule is Cc1ccccc1-c1sc(C(=O)NCc2cccc(Cl)c2)cc1CF. The van der Waals surface area contributed by atoms with Crippen LogP contribution in [-0.2, 0) is 13.2 Å². The van der Waals surface area contributed by atoms with Gasteiger partial charge in [0.25, 0.3) is 5.91 Å². The van der Waals surface area contributed by atoms with Crippen molar-refractivity contribution in [2.75, 3.05) is 0 Å². The van der Waals surface area contributed by atoms with Gasteiger partial charge in [-0.2, -0.15) is 0 Å². The number of carbonyl (C=O) groups excluding carboxylic acids is 1. The Morgan fingerprint density at radius 3 is 2.68 bits per heavy atom. The Hall–Kier alpha value is -2.17. The second-order valence-corrected chi connectivity index (χ2v) is 7.21. The molecule has 2 nitrogen and oxygen atoms in total. The van der Waals surface area contributed by atoms with Gasteiger partial charge >= 0.3 is 0 Å². The lowest BCUT2D eigenvalue weighted by molar-refractivity contribution is 0.0955. The molecule has 128 valence electrons. The van der Waals surface area contributed by atoms with Crippen LogP contribution in [0, 0.1) is 6.92 Å². The number of hydrogen-bond donors (Lipinski definition) is 1. The van der Waals surface area contributed by atoms with E-state index in [0.29, 0.717) is 22.0 Å². The van der Waals surface area contributed by atoms with E-state index < -0.39 is 6.67 Å². The van der Waals surface area contributed by atoms with E-state index in [0.717, 1.165) is 21.6 Å². The first-order valence-corrected chi connectivity index (χ1v) is 9.05. The van der Waals surface area contributed by atoms with Crippen molar-refractivity contribution in [2.24, 2.45) is 0 Å². The van der Waals surface area contributed by atoms with Crippen molar-refractivity contribution in [1.29, 1.82) is 0 Å². The minimum Gasteiger partial charge on any atom is -0.347 e. The predicted molar refractivity (Wildman–Crippen MR) is 102 cm³/mol. The first-order valence-electron chi connectivity index (χ1n) is 7.86. The van der Waals surface area contributed by atoms with E-state index in [1.54, 1.807) is 12.1 Å². The van der Waals surface area contributed by atoms with Gasteiger partial charge in [-0.3, -0.25) is 4.79 Å². The Labute approximate surface area is 155 Å². The molecule has 0 aliphatic carbocycles. The van der Waals surface area contributed by atoms with Crippen molar-refractivity contribution in [3.63, 3.8) is 0 Å². The van der Waals surface area contributed by atoms with Gasteiger partial charge in [-0.05, 0) is 41.8 Å². The van der Waals surface area contributed by atoms with Crippen molar-refractivity contribution in [3.8, 4) is 10.4 Å². The summed E-state index contributed by atoms with van der Waals surface area (Å²) in [4.78, 5) is 13.8. The summed E-state index contributed by atoms with van der Waals surface area (Å²) in [5, 5.41) is 3.49. The summed E-state index contributed by atoms with van der Waals surface area (Å²) in [5.74, 6) is -0.209. The van der Waals surface area contributed by atoms with E-state index >= 15 is 0 Å². The van der Waals surface area contributed by atoms with Crippen LogP contribution in [0.25, 0.3) is 10.4 Å². The number of carbonyl (C=O) groups is 1. The van der Waals surface area contributed by atoms with Crippen molar-refractivity contribution < 1.29 is 9.18 Å². The highest BCUT2D eigenvalue weighted by Gasteiger charge is 2.16. The Morgan fingerprint density at radius 1 is 1.16 bits per heavy atom. The highest BCUT2D eigenvalue weighted by molar-refractivity contribution is 7.17. The number of rotatable bonds is 5. The highest BCUT2D eigenvalue weighted by atomic mass is 35.5. The summed E-state index contributed by atoms with van der Waals surface area (Å²) in [6.07, 6.45) is 0. The van der Waals surface area contributed by atoms with Gasteiger partial charge in [-0.25, -0.2) is 4.39 Å². The smallest absolute Gasteiger partial charge is 0.261 e. The topological polar surface area (TPSA) is 29.1 Å². The van der Waals surface area contributed by atoms with E-state index in [1.807, 2.05) is 49.4 Å². The van der Waals surface area contributed by atoms with Gasteiger partial charge in [0.15, 0.2) is 0 Å². The van der Waals surface area contributed by atoms with Crippen LogP contribution in [0.3, 0.4) is 0 Å². The molecule has 0 saturated carbocycles. The molecular weight excluding hydrogens is 357 g/mol. The molecule has 0 aliphatic rings. The number of aryl methyl sites for hydroxylation is 1. The largest absolute Gasteiger partial charge is 0.347 e. The Bertz CT molecular complexity index is 906. The van der Waals surface area contributed by atoms with Gasteiger partial charge in [0, 0.05) is 22.0 Å². The second kappa shape index (κ2) is 7.81. The second-order valence-electron chi connectivity index (χ2n) is 5.73. The van der Waals surface area contributed by atoms with Crippen LogP contribution in [0.2, 0.25) is 5.02 Å². The molecule has 0 fully saturated rings. The molecule has 0 bridgehead atoms. The Kier molecular flexibility index (Phi) is 5.51. The third-order valence-corrected chi connectivity index (χ3v) is 5.35. The van der Waals surface area contributed by atoms with Crippen LogP contribution in [0.4, 0.5) is 4.39 Å². The van der Waals surface area contributed by atoms with E-state index in [2.05, 4.69) is 5.32 Å².